The molecular weight excluding hydrogens is 278 g/mol. The van der Waals surface area contributed by atoms with Crippen LogP contribution in [-0.2, 0) is 4.74 Å². The highest BCUT2D eigenvalue weighted by molar-refractivity contribution is 6.33. The highest BCUT2D eigenvalue weighted by Gasteiger charge is 2.09. The first-order valence-electron chi connectivity index (χ1n) is 6.85. The molecule has 0 bridgehead atoms. The number of nitrogens with one attached hydrogen (secondary N) is 2. The Kier molecular flexibility index (Phi) is 7.99. The van der Waals surface area contributed by atoms with Crippen molar-refractivity contribution in [2.24, 2.45) is 0 Å². The standard InChI is InChI=1S/C14H22ClN3O2/c1-3-6-16-13-12(15)9-11(10-18-13)14(19)17-7-4-5-8-20-2/h9-10H,3-8H2,1-2H3,(H,16,18)(H,17,19). The maximum absolute atomic E-state index is 11.9. The third-order valence-electron chi connectivity index (χ3n) is 2.71. The maximum atomic E-state index is 11.9. The Morgan fingerprint density at radius 3 is 2.85 bits per heavy atom. The highest BCUT2D eigenvalue weighted by Crippen LogP contribution is 2.19. The Morgan fingerprint density at radius 1 is 1.40 bits per heavy atom. The predicted molar refractivity (Wildman–Crippen MR) is 81.5 cm³/mol. The van der Waals surface area contributed by atoms with Gasteiger partial charge in [-0.1, -0.05) is 18.5 Å². The van der Waals surface area contributed by atoms with Crippen molar-refractivity contribution in [1.82, 2.24) is 10.3 Å². The van der Waals surface area contributed by atoms with Crippen LogP contribution in [0.2, 0.25) is 5.02 Å². The Morgan fingerprint density at radius 2 is 2.20 bits per heavy atom. The molecule has 0 aliphatic rings. The lowest BCUT2D eigenvalue weighted by atomic mass is 10.2. The molecule has 112 valence electrons. The molecule has 0 saturated heterocycles. The second-order valence-corrected chi connectivity index (χ2v) is 4.84. The fourth-order valence-corrected chi connectivity index (χ4v) is 1.84. The number of hydrogen-bond acceptors (Lipinski definition) is 4. The number of anilines is 1. The molecule has 20 heavy (non-hydrogen) atoms. The first-order chi connectivity index (χ1) is 9.69. The van der Waals surface area contributed by atoms with Crippen molar-refractivity contribution in [3.8, 4) is 0 Å². The molecule has 1 amide bonds. The molecule has 1 aromatic heterocycles. The van der Waals surface area contributed by atoms with Crippen LogP contribution in [0.1, 0.15) is 36.5 Å². The Hall–Kier alpha value is -1.33. The number of unbranched alkanes of at least 4 members (excludes halogenated alkanes) is 1. The van der Waals surface area contributed by atoms with Gasteiger partial charge in [-0.05, 0) is 25.3 Å². The third kappa shape index (κ3) is 5.75. The number of carbonyl (C=O) groups excluding carboxylic acids is 1. The van der Waals surface area contributed by atoms with E-state index in [9.17, 15) is 4.79 Å². The van der Waals surface area contributed by atoms with Gasteiger partial charge in [-0.15, -0.1) is 0 Å². The summed E-state index contributed by atoms with van der Waals surface area (Å²) in [5.41, 5.74) is 0.476. The molecule has 1 rings (SSSR count). The van der Waals surface area contributed by atoms with Gasteiger partial charge in [0.15, 0.2) is 0 Å². The van der Waals surface area contributed by atoms with Gasteiger partial charge in [0.1, 0.15) is 5.82 Å². The van der Waals surface area contributed by atoms with Crippen molar-refractivity contribution >= 4 is 23.3 Å². The van der Waals surface area contributed by atoms with E-state index >= 15 is 0 Å². The molecule has 0 unspecified atom stereocenters. The third-order valence-corrected chi connectivity index (χ3v) is 2.99. The molecule has 0 aromatic carbocycles. The quantitative estimate of drug-likeness (QED) is 0.688. The molecule has 0 saturated carbocycles. The van der Waals surface area contributed by atoms with Gasteiger partial charge in [0.25, 0.3) is 5.91 Å². The van der Waals surface area contributed by atoms with E-state index in [2.05, 4.69) is 22.5 Å². The maximum Gasteiger partial charge on any atom is 0.252 e. The Balaban J connectivity index is 2.46. The first-order valence-corrected chi connectivity index (χ1v) is 7.23. The lowest BCUT2D eigenvalue weighted by Gasteiger charge is -2.08. The number of halogens is 1. The van der Waals surface area contributed by atoms with E-state index in [0.29, 0.717) is 29.6 Å². The molecule has 0 aliphatic carbocycles. The smallest absolute Gasteiger partial charge is 0.252 e. The van der Waals surface area contributed by atoms with E-state index in [1.807, 2.05) is 0 Å². The molecule has 0 fully saturated rings. The summed E-state index contributed by atoms with van der Waals surface area (Å²) in [5, 5.41) is 6.40. The van der Waals surface area contributed by atoms with Gasteiger partial charge < -0.3 is 15.4 Å². The minimum atomic E-state index is -0.154. The second-order valence-electron chi connectivity index (χ2n) is 4.44. The monoisotopic (exact) mass is 299 g/mol. The van der Waals surface area contributed by atoms with Crippen LogP contribution in [-0.4, -0.2) is 37.7 Å². The number of rotatable bonds is 9. The van der Waals surface area contributed by atoms with Crippen LogP contribution in [0, 0.1) is 0 Å². The zero-order chi connectivity index (χ0) is 14.8. The normalized spacial score (nSPS) is 10.3. The highest BCUT2D eigenvalue weighted by atomic mass is 35.5. The predicted octanol–water partition coefficient (Wildman–Crippen LogP) is 2.71. The Labute approximate surface area is 125 Å². The fourth-order valence-electron chi connectivity index (χ4n) is 1.61. The topological polar surface area (TPSA) is 63.2 Å². The Bertz CT molecular complexity index is 427. The minimum Gasteiger partial charge on any atom is -0.385 e. The number of pyridine rings is 1. The number of carbonyl (C=O) groups is 1. The van der Waals surface area contributed by atoms with E-state index < -0.39 is 0 Å². The van der Waals surface area contributed by atoms with Crippen LogP contribution in [0.4, 0.5) is 5.82 Å². The van der Waals surface area contributed by atoms with E-state index in [-0.39, 0.29) is 5.91 Å². The van der Waals surface area contributed by atoms with Crippen molar-refractivity contribution in [1.29, 1.82) is 0 Å². The van der Waals surface area contributed by atoms with E-state index in [4.69, 9.17) is 16.3 Å². The largest absolute Gasteiger partial charge is 0.385 e. The van der Waals surface area contributed by atoms with Crippen molar-refractivity contribution < 1.29 is 9.53 Å². The van der Waals surface area contributed by atoms with Crippen LogP contribution in [0.25, 0.3) is 0 Å². The average molecular weight is 300 g/mol. The lowest BCUT2D eigenvalue weighted by Crippen LogP contribution is -2.24. The number of amides is 1. The number of nitrogens with zero attached hydrogens (tertiary/aromatic N) is 1. The van der Waals surface area contributed by atoms with Crippen molar-refractivity contribution in [2.75, 3.05) is 32.1 Å². The van der Waals surface area contributed by atoms with Crippen molar-refractivity contribution in [3.63, 3.8) is 0 Å². The molecule has 1 aromatic rings. The van der Waals surface area contributed by atoms with Crippen LogP contribution in [0.15, 0.2) is 12.3 Å². The molecule has 0 spiro atoms. The van der Waals surface area contributed by atoms with Crippen LogP contribution >= 0.6 is 11.6 Å². The summed E-state index contributed by atoms with van der Waals surface area (Å²) in [7, 11) is 1.67. The van der Waals surface area contributed by atoms with Gasteiger partial charge in [-0.25, -0.2) is 4.98 Å². The van der Waals surface area contributed by atoms with Gasteiger partial charge in [0.05, 0.1) is 10.6 Å². The molecule has 0 aliphatic heterocycles. The number of methoxy groups -OCH3 is 1. The number of aromatic nitrogens is 1. The lowest BCUT2D eigenvalue weighted by molar-refractivity contribution is 0.0951. The van der Waals surface area contributed by atoms with Crippen molar-refractivity contribution in [2.45, 2.75) is 26.2 Å². The molecular formula is C14H22ClN3O2. The summed E-state index contributed by atoms with van der Waals surface area (Å²) < 4.78 is 4.95. The van der Waals surface area contributed by atoms with Crippen molar-refractivity contribution in [3.05, 3.63) is 22.8 Å². The SMILES string of the molecule is CCCNc1ncc(C(=O)NCCCCOC)cc1Cl. The summed E-state index contributed by atoms with van der Waals surface area (Å²) in [4.78, 5) is 16.1. The van der Waals surface area contributed by atoms with Gasteiger partial charge in [-0.2, -0.15) is 0 Å². The molecule has 6 heteroatoms. The summed E-state index contributed by atoms with van der Waals surface area (Å²) in [6, 6.07) is 1.64. The van der Waals surface area contributed by atoms with E-state index in [1.165, 1.54) is 6.20 Å². The number of ether oxygens (including phenoxy) is 1. The van der Waals surface area contributed by atoms with Gasteiger partial charge in [0, 0.05) is 33.0 Å². The second kappa shape index (κ2) is 9.55. The zero-order valence-electron chi connectivity index (χ0n) is 12.0. The van der Waals surface area contributed by atoms with Crippen LogP contribution < -0.4 is 10.6 Å². The van der Waals surface area contributed by atoms with Gasteiger partial charge in [-0.3, -0.25) is 4.79 Å². The molecule has 0 radical (unpaired) electrons. The molecule has 5 nitrogen and oxygen atoms in total. The van der Waals surface area contributed by atoms with E-state index in [0.717, 1.165) is 25.8 Å². The molecule has 1 heterocycles. The minimum absolute atomic E-state index is 0.154. The summed E-state index contributed by atoms with van der Waals surface area (Å²) in [5.74, 6) is 0.462. The first kappa shape index (κ1) is 16.7. The summed E-state index contributed by atoms with van der Waals surface area (Å²) in [6.07, 6.45) is 4.34. The molecule has 0 atom stereocenters. The summed E-state index contributed by atoms with van der Waals surface area (Å²) >= 11 is 6.09. The van der Waals surface area contributed by atoms with Crippen LogP contribution in [0.3, 0.4) is 0 Å². The van der Waals surface area contributed by atoms with Gasteiger partial charge >= 0.3 is 0 Å². The average Bonchev–Trinajstić information content (AvgIpc) is 2.45. The zero-order valence-corrected chi connectivity index (χ0v) is 12.8. The number of hydrogen-bond donors (Lipinski definition) is 2. The van der Waals surface area contributed by atoms with E-state index in [1.54, 1.807) is 13.2 Å². The van der Waals surface area contributed by atoms with Gasteiger partial charge in [0.2, 0.25) is 0 Å². The van der Waals surface area contributed by atoms with Crippen LogP contribution in [0.5, 0.6) is 0 Å². The fraction of sp³-hybridized carbons (Fsp3) is 0.571. The molecule has 2 N–H and O–H groups in total. The summed E-state index contributed by atoms with van der Waals surface area (Å²) in [6.45, 7) is 4.20.